The molecule has 0 spiro atoms. The number of likely N-dealkylation sites (tertiary alicyclic amines) is 1. The van der Waals surface area contributed by atoms with Crippen LogP contribution in [0.5, 0.6) is 0 Å². The number of rotatable bonds is 3. The molecule has 1 aliphatic carbocycles. The van der Waals surface area contributed by atoms with E-state index in [1.807, 2.05) is 0 Å². The highest BCUT2D eigenvalue weighted by Gasteiger charge is 2.24. The van der Waals surface area contributed by atoms with E-state index < -0.39 is 0 Å². The molecule has 0 amide bonds. The van der Waals surface area contributed by atoms with Crippen LogP contribution in [0.4, 0.5) is 0 Å². The zero-order valence-electron chi connectivity index (χ0n) is 8.54. The summed E-state index contributed by atoms with van der Waals surface area (Å²) in [5.74, 6) is 0.834. The lowest BCUT2D eigenvalue weighted by Crippen LogP contribution is -2.29. The van der Waals surface area contributed by atoms with Crippen LogP contribution in [0.15, 0.2) is 0 Å². The quantitative estimate of drug-likeness (QED) is 0.718. The van der Waals surface area contributed by atoms with Gasteiger partial charge in [-0.15, -0.1) is 0 Å². The van der Waals surface area contributed by atoms with Crippen LogP contribution in [0.2, 0.25) is 0 Å². The Morgan fingerprint density at radius 2 is 1.85 bits per heavy atom. The van der Waals surface area contributed by atoms with Crippen LogP contribution >= 0.6 is 0 Å². The maximum atomic E-state index is 6.05. The predicted molar refractivity (Wildman–Crippen MR) is 55.6 cm³/mol. The summed E-state index contributed by atoms with van der Waals surface area (Å²) < 4.78 is 0. The topological polar surface area (TPSA) is 29.3 Å². The summed E-state index contributed by atoms with van der Waals surface area (Å²) in [7, 11) is 0. The third-order valence-electron chi connectivity index (χ3n) is 3.73. The number of nitrogens with zero attached hydrogens (tertiary/aromatic N) is 1. The molecule has 76 valence electrons. The molecule has 2 N–H and O–H groups in total. The number of hydrogen-bond donors (Lipinski definition) is 1. The highest BCUT2D eigenvalue weighted by atomic mass is 15.1. The molecule has 1 saturated carbocycles. The van der Waals surface area contributed by atoms with Crippen molar-refractivity contribution < 1.29 is 0 Å². The number of hydrogen-bond acceptors (Lipinski definition) is 2. The summed E-state index contributed by atoms with van der Waals surface area (Å²) in [6, 6.07) is 0.516. The van der Waals surface area contributed by atoms with Crippen LogP contribution in [0.25, 0.3) is 0 Å². The fourth-order valence-corrected chi connectivity index (χ4v) is 2.78. The molecule has 0 aromatic heterocycles. The van der Waals surface area contributed by atoms with Gasteiger partial charge in [0.2, 0.25) is 0 Å². The van der Waals surface area contributed by atoms with Crippen molar-refractivity contribution in [2.75, 3.05) is 19.6 Å². The standard InChI is InChI=1S/C11H22N2/c12-11-5-3-4-10(11)6-9-13-7-1-2-8-13/h10-11H,1-9,12H2/t10-,11+/m0/s1. The van der Waals surface area contributed by atoms with Crippen molar-refractivity contribution in [2.45, 2.75) is 44.6 Å². The summed E-state index contributed by atoms with van der Waals surface area (Å²) in [5, 5.41) is 0. The fourth-order valence-electron chi connectivity index (χ4n) is 2.78. The SMILES string of the molecule is N[C@@H]1CCC[C@H]1CCN1CCCC1. The molecule has 2 aliphatic rings. The van der Waals surface area contributed by atoms with E-state index in [9.17, 15) is 0 Å². The lowest BCUT2D eigenvalue weighted by atomic mass is 10.0. The summed E-state index contributed by atoms with van der Waals surface area (Å²) in [6.45, 7) is 3.97. The van der Waals surface area contributed by atoms with Gasteiger partial charge < -0.3 is 10.6 Å². The maximum absolute atomic E-state index is 6.05. The zero-order chi connectivity index (χ0) is 9.10. The molecule has 13 heavy (non-hydrogen) atoms. The molecule has 0 unspecified atom stereocenters. The first-order valence-corrected chi connectivity index (χ1v) is 5.84. The van der Waals surface area contributed by atoms with Gasteiger partial charge in [0, 0.05) is 6.04 Å². The van der Waals surface area contributed by atoms with E-state index >= 15 is 0 Å². The van der Waals surface area contributed by atoms with Crippen LogP contribution in [-0.4, -0.2) is 30.6 Å². The largest absolute Gasteiger partial charge is 0.327 e. The molecule has 0 aromatic carbocycles. The first-order valence-electron chi connectivity index (χ1n) is 5.84. The molecule has 2 fully saturated rings. The Morgan fingerprint density at radius 3 is 2.46 bits per heavy atom. The van der Waals surface area contributed by atoms with Gasteiger partial charge in [0.05, 0.1) is 0 Å². The highest BCUT2D eigenvalue weighted by Crippen LogP contribution is 2.27. The van der Waals surface area contributed by atoms with Gasteiger partial charge in [-0.05, 0) is 57.7 Å². The molecular formula is C11H22N2. The average molecular weight is 182 g/mol. The van der Waals surface area contributed by atoms with Crippen molar-refractivity contribution in [3.63, 3.8) is 0 Å². The summed E-state index contributed by atoms with van der Waals surface area (Å²) >= 11 is 0. The van der Waals surface area contributed by atoms with Crippen molar-refractivity contribution in [3.05, 3.63) is 0 Å². The second-order valence-corrected chi connectivity index (χ2v) is 4.69. The summed E-state index contributed by atoms with van der Waals surface area (Å²) in [6.07, 6.45) is 8.19. The van der Waals surface area contributed by atoms with Gasteiger partial charge in [0.25, 0.3) is 0 Å². The number of nitrogens with two attached hydrogens (primary N) is 1. The van der Waals surface area contributed by atoms with E-state index in [-0.39, 0.29) is 0 Å². The molecular weight excluding hydrogens is 160 g/mol. The molecule has 0 radical (unpaired) electrons. The first-order chi connectivity index (χ1) is 6.36. The first kappa shape index (κ1) is 9.47. The second-order valence-electron chi connectivity index (χ2n) is 4.69. The van der Waals surface area contributed by atoms with Gasteiger partial charge in [-0.25, -0.2) is 0 Å². The molecule has 0 bridgehead atoms. The lowest BCUT2D eigenvalue weighted by Gasteiger charge is -2.20. The zero-order valence-corrected chi connectivity index (χ0v) is 8.54. The Balaban J connectivity index is 1.66. The molecule has 2 heteroatoms. The molecule has 0 aromatic rings. The maximum Gasteiger partial charge on any atom is 0.00676 e. The Bertz CT molecular complexity index is 152. The van der Waals surface area contributed by atoms with Crippen LogP contribution in [0.1, 0.15) is 38.5 Å². The molecule has 1 aliphatic heterocycles. The predicted octanol–water partition coefficient (Wildman–Crippen LogP) is 1.60. The van der Waals surface area contributed by atoms with Crippen molar-refractivity contribution in [3.8, 4) is 0 Å². The van der Waals surface area contributed by atoms with E-state index in [2.05, 4.69) is 4.90 Å². The van der Waals surface area contributed by atoms with Gasteiger partial charge in [-0.1, -0.05) is 6.42 Å². The van der Waals surface area contributed by atoms with Crippen molar-refractivity contribution in [1.82, 2.24) is 4.90 Å². The Kier molecular flexibility index (Phi) is 3.23. The average Bonchev–Trinajstić information content (AvgIpc) is 2.72. The van der Waals surface area contributed by atoms with Gasteiger partial charge in [-0.3, -0.25) is 0 Å². The van der Waals surface area contributed by atoms with Gasteiger partial charge in [0.1, 0.15) is 0 Å². The Morgan fingerprint density at radius 1 is 1.08 bits per heavy atom. The van der Waals surface area contributed by atoms with Crippen molar-refractivity contribution in [1.29, 1.82) is 0 Å². The van der Waals surface area contributed by atoms with Gasteiger partial charge >= 0.3 is 0 Å². The summed E-state index contributed by atoms with van der Waals surface area (Å²) in [4.78, 5) is 2.60. The van der Waals surface area contributed by atoms with E-state index in [0.717, 1.165) is 5.92 Å². The van der Waals surface area contributed by atoms with Crippen LogP contribution in [0, 0.1) is 5.92 Å². The van der Waals surface area contributed by atoms with Gasteiger partial charge in [0.15, 0.2) is 0 Å². The van der Waals surface area contributed by atoms with Crippen LogP contribution < -0.4 is 5.73 Å². The third-order valence-corrected chi connectivity index (χ3v) is 3.73. The fraction of sp³-hybridized carbons (Fsp3) is 1.00. The molecule has 2 nitrogen and oxygen atoms in total. The molecule has 1 heterocycles. The normalized spacial score (nSPS) is 35.8. The lowest BCUT2D eigenvalue weighted by molar-refractivity contribution is 0.294. The van der Waals surface area contributed by atoms with Crippen molar-refractivity contribution in [2.24, 2.45) is 11.7 Å². The molecule has 1 saturated heterocycles. The van der Waals surface area contributed by atoms with Crippen LogP contribution in [0.3, 0.4) is 0 Å². The van der Waals surface area contributed by atoms with E-state index in [1.54, 1.807) is 0 Å². The molecule has 2 atom stereocenters. The third kappa shape index (κ3) is 2.44. The smallest absolute Gasteiger partial charge is 0.00676 e. The Labute approximate surface area is 81.5 Å². The summed E-state index contributed by atoms with van der Waals surface area (Å²) in [5.41, 5.74) is 6.05. The Hall–Kier alpha value is -0.0800. The van der Waals surface area contributed by atoms with Gasteiger partial charge in [-0.2, -0.15) is 0 Å². The monoisotopic (exact) mass is 182 g/mol. The minimum atomic E-state index is 0.516. The van der Waals surface area contributed by atoms with Crippen LogP contribution in [-0.2, 0) is 0 Å². The molecule has 2 rings (SSSR count). The van der Waals surface area contributed by atoms with E-state index in [0.29, 0.717) is 6.04 Å². The highest BCUT2D eigenvalue weighted by molar-refractivity contribution is 4.81. The minimum Gasteiger partial charge on any atom is -0.327 e. The van der Waals surface area contributed by atoms with E-state index in [4.69, 9.17) is 5.73 Å². The van der Waals surface area contributed by atoms with Crippen molar-refractivity contribution >= 4 is 0 Å². The minimum absolute atomic E-state index is 0.516. The second kappa shape index (κ2) is 4.43. The van der Waals surface area contributed by atoms with E-state index in [1.165, 1.54) is 58.2 Å².